The summed E-state index contributed by atoms with van der Waals surface area (Å²) < 4.78 is 4.80. The van der Waals surface area contributed by atoms with E-state index in [0.717, 1.165) is 23.8 Å². The number of nitrogens with one attached hydrogen (secondary N) is 7. The number of para-hydroxylation sites is 1. The van der Waals surface area contributed by atoms with E-state index in [9.17, 15) is 53.4 Å². The molecule has 22 heteroatoms. The predicted molar refractivity (Wildman–Crippen MR) is 224 cm³/mol. The minimum atomic E-state index is -1.70. The number of hydrogen-bond acceptors (Lipinski definition) is 13. The smallest absolute Gasteiger partial charge is 0.326 e. The van der Waals surface area contributed by atoms with Gasteiger partial charge in [-0.25, -0.2) is 4.79 Å². The Morgan fingerprint density at radius 1 is 0.952 bits per heavy atom. The van der Waals surface area contributed by atoms with Crippen LogP contribution in [0.3, 0.4) is 0 Å². The molecule has 0 bridgehead atoms. The van der Waals surface area contributed by atoms with Crippen molar-refractivity contribution in [3.63, 3.8) is 0 Å². The number of likely N-dealkylation sites (tertiary alicyclic amines) is 1. The number of amides is 7. The zero-order valence-electron chi connectivity index (χ0n) is 35.3. The molecular formula is C40H57N9O12S. The van der Waals surface area contributed by atoms with Crippen LogP contribution in [0.15, 0.2) is 29.3 Å². The molecule has 11 N–H and O–H groups in total. The van der Waals surface area contributed by atoms with Crippen LogP contribution in [0.1, 0.15) is 58.9 Å². The van der Waals surface area contributed by atoms with Crippen LogP contribution < -0.4 is 37.6 Å². The van der Waals surface area contributed by atoms with E-state index in [1.54, 1.807) is 52.0 Å². The second kappa shape index (κ2) is 22.4. The van der Waals surface area contributed by atoms with Gasteiger partial charge in [-0.1, -0.05) is 58.7 Å². The Balaban J connectivity index is 1.68. The van der Waals surface area contributed by atoms with Crippen LogP contribution in [0.4, 0.5) is 0 Å². The Bertz CT molecular complexity index is 2010. The fourth-order valence-electron chi connectivity index (χ4n) is 7.07. The van der Waals surface area contributed by atoms with Crippen molar-refractivity contribution in [1.29, 1.82) is 0 Å². The molecular weight excluding hydrogens is 831 g/mol. The monoisotopic (exact) mass is 887 g/mol. The first-order valence-electron chi connectivity index (χ1n) is 20.4. The van der Waals surface area contributed by atoms with Gasteiger partial charge >= 0.3 is 11.9 Å². The van der Waals surface area contributed by atoms with Crippen LogP contribution in [0.25, 0.3) is 10.9 Å². The van der Waals surface area contributed by atoms with E-state index in [1.165, 1.54) is 0 Å². The van der Waals surface area contributed by atoms with Crippen LogP contribution in [-0.2, 0) is 54.3 Å². The largest absolute Gasteiger partial charge is 0.480 e. The van der Waals surface area contributed by atoms with Crippen LogP contribution in [0.5, 0.6) is 0 Å². The van der Waals surface area contributed by atoms with Crippen LogP contribution >= 0.6 is 11.8 Å². The molecule has 2 aliphatic rings. The van der Waals surface area contributed by atoms with E-state index in [4.69, 9.17) is 10.5 Å². The number of fused-ring (bicyclic) bond motifs is 3. The maximum absolute atomic E-state index is 14.3. The number of hydrogen-bond donors (Lipinski definition) is 10. The first-order chi connectivity index (χ1) is 29.4. The summed E-state index contributed by atoms with van der Waals surface area (Å²) >= 11 is 1.07. The molecule has 0 unspecified atom stereocenters. The number of carbonyl (C=O) groups excluding carboxylic acids is 8. The molecule has 0 spiro atoms. The lowest BCUT2D eigenvalue weighted by Crippen LogP contribution is -2.59. The maximum atomic E-state index is 14.3. The Kier molecular flexibility index (Phi) is 17.7. The topological polar surface area (TPSA) is 321 Å². The number of carbonyl (C=O) groups is 9. The van der Waals surface area contributed by atoms with E-state index < -0.39 is 127 Å². The van der Waals surface area contributed by atoms with E-state index in [0.29, 0.717) is 34.3 Å². The summed E-state index contributed by atoms with van der Waals surface area (Å²) in [5, 5.41) is 36.6. The SMILES string of the molecule is CC[C@H](C)[C@H](NC(=O)[C@@H]1C[C@@H](O)CN1C(=O)[C@H](CC(=O)OC)NC(=O)[C@@H]1CSc2[nH]c3ccccc3c2C[C@H](N)C(=O)NCC(=O)N[C@@H]([C@@H](C)CC)C(=O)NCC(=O)N1)C(=O)O. The summed E-state index contributed by atoms with van der Waals surface area (Å²) in [5.41, 5.74) is 7.61. The average molecular weight is 888 g/mol. The molecule has 9 atom stereocenters. The highest BCUT2D eigenvalue weighted by Crippen LogP contribution is 2.31. The molecule has 3 heterocycles. The standard InChI is InChI=1S/C40H57N9O12S/c1-6-19(3)32-37(57)43-15-29(51)44-27(18-62-38-23(22-10-8-9-11-25(22)46-38)13-24(41)34(54)42-16-30(52)47-32)35(55)45-26(14-31(53)61-5)39(58)49-17-21(50)12-28(49)36(56)48-33(40(59)60)20(4)7-2/h8-11,19-21,24,26-28,32-33,46,50H,6-7,12-18,41H2,1-5H3,(H,42,54)(H,43,57)(H,44,51)(H,45,55)(H,47,52)(H,48,56)(H,59,60)/t19-,20-,21+,24-,26-,27-,28-,32-,33-/m0/s1. The molecule has 62 heavy (non-hydrogen) atoms. The number of nitrogens with two attached hydrogens (primary N) is 1. The number of aliphatic hydroxyl groups is 1. The van der Waals surface area contributed by atoms with Gasteiger partial charge in [0, 0.05) is 29.6 Å². The Hall–Kier alpha value is -5.74. The van der Waals surface area contributed by atoms with Gasteiger partial charge in [0.15, 0.2) is 0 Å². The highest BCUT2D eigenvalue weighted by atomic mass is 32.2. The number of esters is 1. The number of aromatic nitrogens is 1. The zero-order valence-corrected chi connectivity index (χ0v) is 36.1. The van der Waals surface area contributed by atoms with Crippen molar-refractivity contribution in [3.8, 4) is 0 Å². The molecule has 2 aliphatic heterocycles. The third-order valence-electron chi connectivity index (χ3n) is 11.1. The molecule has 0 saturated carbocycles. The Morgan fingerprint density at radius 2 is 1.61 bits per heavy atom. The molecule has 0 radical (unpaired) electrons. The number of carboxylic acid groups (broad SMARTS) is 1. The van der Waals surface area contributed by atoms with E-state index in [2.05, 4.69) is 36.9 Å². The molecule has 4 rings (SSSR count). The van der Waals surface area contributed by atoms with Gasteiger partial charge in [0.25, 0.3) is 0 Å². The number of thioether (sulfide) groups is 1. The summed E-state index contributed by atoms with van der Waals surface area (Å²) in [6.45, 7) is 5.39. The molecule has 7 amide bonds. The minimum absolute atomic E-state index is 0.0162. The van der Waals surface area contributed by atoms with Gasteiger partial charge in [0.1, 0.15) is 30.2 Å². The number of benzene rings is 1. The number of methoxy groups -OCH3 is 1. The number of aliphatic hydroxyl groups excluding tert-OH is 1. The number of rotatable bonds is 12. The zero-order chi connectivity index (χ0) is 45.8. The lowest BCUT2D eigenvalue weighted by atomic mass is 9.98. The first-order valence-corrected chi connectivity index (χ1v) is 21.4. The Labute approximate surface area is 362 Å². The van der Waals surface area contributed by atoms with Crippen molar-refractivity contribution in [3.05, 3.63) is 29.8 Å². The van der Waals surface area contributed by atoms with Crippen molar-refractivity contribution in [2.45, 2.75) is 107 Å². The lowest BCUT2D eigenvalue weighted by Gasteiger charge is -2.30. The van der Waals surface area contributed by atoms with Crippen molar-refractivity contribution in [2.24, 2.45) is 17.6 Å². The number of ether oxygens (including phenoxy) is 1. The van der Waals surface area contributed by atoms with Gasteiger partial charge < -0.3 is 62.5 Å². The molecule has 2 aromatic rings. The molecule has 1 fully saturated rings. The lowest BCUT2D eigenvalue weighted by molar-refractivity contribution is -0.149. The molecule has 1 aromatic carbocycles. The summed E-state index contributed by atoms with van der Waals surface area (Å²) in [4.78, 5) is 124. The van der Waals surface area contributed by atoms with E-state index in [1.807, 2.05) is 0 Å². The van der Waals surface area contributed by atoms with E-state index in [-0.39, 0.29) is 25.1 Å². The highest BCUT2D eigenvalue weighted by molar-refractivity contribution is 7.99. The number of nitrogens with zero attached hydrogens (tertiary/aromatic N) is 1. The number of aromatic amines is 1. The third-order valence-corrected chi connectivity index (χ3v) is 12.2. The molecule has 1 saturated heterocycles. The Morgan fingerprint density at radius 3 is 2.26 bits per heavy atom. The molecule has 0 aliphatic carbocycles. The summed E-state index contributed by atoms with van der Waals surface area (Å²) in [5.74, 6) is -8.95. The van der Waals surface area contributed by atoms with Crippen LogP contribution in [0, 0.1) is 11.8 Å². The second-order valence-corrected chi connectivity index (χ2v) is 16.6. The van der Waals surface area contributed by atoms with Gasteiger partial charge in [0.05, 0.1) is 43.8 Å². The fourth-order valence-corrected chi connectivity index (χ4v) is 8.19. The summed E-state index contributed by atoms with van der Waals surface area (Å²) in [6, 6.07) is -0.924. The highest BCUT2D eigenvalue weighted by Gasteiger charge is 2.44. The van der Waals surface area contributed by atoms with Crippen LogP contribution in [-0.4, -0.2) is 148 Å². The summed E-state index contributed by atoms with van der Waals surface area (Å²) in [6.07, 6.45) is -1.34. The minimum Gasteiger partial charge on any atom is -0.480 e. The number of aliphatic carboxylic acids is 1. The van der Waals surface area contributed by atoms with Gasteiger partial charge in [-0.05, 0) is 29.9 Å². The second-order valence-electron chi connectivity index (χ2n) is 15.5. The van der Waals surface area contributed by atoms with Gasteiger partial charge in [-0.3, -0.25) is 38.4 Å². The average Bonchev–Trinajstić information content (AvgIpc) is 3.82. The number of carboxylic acids is 1. The molecule has 340 valence electrons. The van der Waals surface area contributed by atoms with Crippen molar-refractivity contribution < 1.29 is 58.1 Å². The van der Waals surface area contributed by atoms with Crippen molar-refractivity contribution in [2.75, 3.05) is 32.5 Å². The first kappa shape index (κ1) is 48.9. The predicted octanol–water partition coefficient (Wildman–Crippen LogP) is -1.98. The van der Waals surface area contributed by atoms with Crippen molar-refractivity contribution in [1.82, 2.24) is 41.8 Å². The molecule has 21 nitrogen and oxygen atoms in total. The van der Waals surface area contributed by atoms with Crippen LogP contribution in [0.2, 0.25) is 0 Å². The third kappa shape index (κ3) is 12.7. The maximum Gasteiger partial charge on any atom is 0.326 e. The van der Waals surface area contributed by atoms with Gasteiger partial charge in [-0.15, -0.1) is 11.8 Å². The van der Waals surface area contributed by atoms with Crippen molar-refractivity contribution >= 4 is 76.0 Å². The normalized spacial score (nSPS) is 23.7. The van der Waals surface area contributed by atoms with E-state index >= 15 is 0 Å². The van der Waals surface area contributed by atoms with Gasteiger partial charge in [-0.2, -0.15) is 0 Å². The fraction of sp³-hybridized carbons (Fsp3) is 0.575. The number of β-amino-alcohol motifs (C(OH)–C–C–N with tert-alkyl or cyclic N) is 1. The summed E-state index contributed by atoms with van der Waals surface area (Å²) in [7, 11) is 1.06. The number of H-pyrrole nitrogens is 1. The molecule has 1 aromatic heterocycles. The van der Waals surface area contributed by atoms with Gasteiger partial charge in [0.2, 0.25) is 41.4 Å². The quantitative estimate of drug-likeness (QED) is 0.103.